The van der Waals surface area contributed by atoms with Crippen molar-refractivity contribution >= 4 is 12.1 Å². The molecule has 0 aliphatic heterocycles. The summed E-state index contributed by atoms with van der Waals surface area (Å²) < 4.78 is 15.8. The lowest BCUT2D eigenvalue weighted by Crippen LogP contribution is -2.42. The molecular formula is C18H24N2O5. The van der Waals surface area contributed by atoms with E-state index in [9.17, 15) is 9.59 Å². The Morgan fingerprint density at radius 3 is 2.36 bits per heavy atom. The van der Waals surface area contributed by atoms with Gasteiger partial charge in [-0.1, -0.05) is 12.6 Å². The number of carbonyl (C=O) groups is 2. The van der Waals surface area contributed by atoms with E-state index in [0.717, 1.165) is 0 Å². The topological polar surface area (TPSA) is 85.9 Å². The molecule has 1 aromatic rings. The van der Waals surface area contributed by atoms with Crippen LogP contribution in [0.2, 0.25) is 0 Å². The summed E-state index contributed by atoms with van der Waals surface area (Å²) >= 11 is 0. The Hall–Kier alpha value is -2.96. The smallest absolute Gasteiger partial charge is 0.415 e. The standard InChI is InChI=1S/C18H24N2O5/c1-7-15(24-14-10-8-9-13(11-14)23-6)12(2)19-16(21)20-17(22)25-18(3,4)5/h7-11H,2H2,1,3-6H3,(H2,19,20,21,22)/b15-7+. The first-order valence-corrected chi connectivity index (χ1v) is 7.63. The highest BCUT2D eigenvalue weighted by molar-refractivity contribution is 5.91. The minimum atomic E-state index is -0.853. The van der Waals surface area contributed by atoms with Gasteiger partial charge in [0.1, 0.15) is 22.9 Å². The molecule has 7 nitrogen and oxygen atoms in total. The van der Waals surface area contributed by atoms with Crippen molar-refractivity contribution in [1.29, 1.82) is 0 Å². The van der Waals surface area contributed by atoms with Crippen LogP contribution in [0.4, 0.5) is 9.59 Å². The van der Waals surface area contributed by atoms with Crippen molar-refractivity contribution in [3.05, 3.63) is 48.4 Å². The van der Waals surface area contributed by atoms with Gasteiger partial charge in [-0.2, -0.15) is 0 Å². The minimum Gasteiger partial charge on any atom is -0.497 e. The van der Waals surface area contributed by atoms with E-state index in [1.165, 1.54) is 0 Å². The fourth-order valence-corrected chi connectivity index (χ4v) is 1.71. The van der Waals surface area contributed by atoms with Crippen molar-refractivity contribution in [2.75, 3.05) is 7.11 Å². The highest BCUT2D eigenvalue weighted by Crippen LogP contribution is 2.22. The summed E-state index contributed by atoms with van der Waals surface area (Å²) in [6, 6.07) is 6.21. The number of methoxy groups -OCH3 is 1. The van der Waals surface area contributed by atoms with Crippen molar-refractivity contribution in [1.82, 2.24) is 10.6 Å². The first-order chi connectivity index (χ1) is 11.6. The molecule has 0 heterocycles. The fraction of sp³-hybridized carbons (Fsp3) is 0.333. The van der Waals surface area contributed by atoms with E-state index in [2.05, 4.69) is 17.2 Å². The Morgan fingerprint density at radius 2 is 1.80 bits per heavy atom. The van der Waals surface area contributed by atoms with E-state index < -0.39 is 17.7 Å². The molecule has 0 spiro atoms. The molecule has 0 atom stereocenters. The zero-order valence-electron chi connectivity index (χ0n) is 15.1. The molecule has 0 bridgehead atoms. The van der Waals surface area contributed by atoms with Crippen LogP contribution < -0.4 is 20.1 Å². The summed E-state index contributed by atoms with van der Waals surface area (Å²) in [6.07, 6.45) is 0.781. The second kappa shape index (κ2) is 8.77. The summed E-state index contributed by atoms with van der Waals surface area (Å²) in [5.74, 6) is 1.48. The molecule has 25 heavy (non-hydrogen) atoms. The van der Waals surface area contributed by atoms with Crippen molar-refractivity contribution in [2.24, 2.45) is 0 Å². The quantitative estimate of drug-likeness (QED) is 0.625. The number of hydrogen-bond acceptors (Lipinski definition) is 5. The maximum Gasteiger partial charge on any atom is 0.415 e. The van der Waals surface area contributed by atoms with Gasteiger partial charge >= 0.3 is 12.1 Å². The Bertz CT molecular complexity index is 674. The summed E-state index contributed by atoms with van der Waals surface area (Å²) in [7, 11) is 1.55. The average Bonchev–Trinajstić information content (AvgIpc) is 2.50. The zero-order valence-corrected chi connectivity index (χ0v) is 15.1. The third kappa shape index (κ3) is 7.43. The van der Waals surface area contributed by atoms with Crippen LogP contribution in [-0.4, -0.2) is 24.8 Å². The molecule has 1 aromatic carbocycles. The first-order valence-electron chi connectivity index (χ1n) is 7.63. The number of amides is 3. The summed E-state index contributed by atoms with van der Waals surface area (Å²) in [5.41, 5.74) is -0.517. The van der Waals surface area contributed by atoms with Gasteiger partial charge in [0.15, 0.2) is 0 Å². The molecule has 0 radical (unpaired) electrons. The third-order valence-corrected chi connectivity index (χ3v) is 2.71. The molecule has 136 valence electrons. The van der Waals surface area contributed by atoms with Gasteiger partial charge in [-0.05, 0) is 45.9 Å². The SMILES string of the molecule is C=C(NC(=O)NC(=O)OC(C)(C)C)/C(=C\C)Oc1cccc(OC)c1. The van der Waals surface area contributed by atoms with E-state index in [1.807, 2.05) is 0 Å². The molecule has 2 N–H and O–H groups in total. The van der Waals surface area contributed by atoms with E-state index in [1.54, 1.807) is 65.1 Å². The van der Waals surface area contributed by atoms with Crippen molar-refractivity contribution in [2.45, 2.75) is 33.3 Å². The average molecular weight is 348 g/mol. The molecular weight excluding hydrogens is 324 g/mol. The number of allylic oxidation sites excluding steroid dienone is 1. The molecule has 0 aliphatic rings. The second-order valence-electron chi connectivity index (χ2n) is 5.99. The van der Waals surface area contributed by atoms with E-state index in [-0.39, 0.29) is 5.70 Å². The van der Waals surface area contributed by atoms with Gasteiger partial charge in [-0.15, -0.1) is 0 Å². The predicted octanol–water partition coefficient (Wildman–Crippen LogP) is 3.73. The van der Waals surface area contributed by atoms with Crippen LogP contribution in [0, 0.1) is 0 Å². The van der Waals surface area contributed by atoms with Crippen LogP contribution in [0.3, 0.4) is 0 Å². The highest BCUT2D eigenvalue weighted by Gasteiger charge is 2.19. The van der Waals surface area contributed by atoms with Crippen molar-refractivity contribution in [3.63, 3.8) is 0 Å². The second-order valence-corrected chi connectivity index (χ2v) is 5.99. The van der Waals surface area contributed by atoms with Gasteiger partial charge in [-0.25, -0.2) is 14.9 Å². The zero-order chi connectivity index (χ0) is 19.0. The van der Waals surface area contributed by atoms with Crippen LogP contribution in [0.25, 0.3) is 0 Å². The van der Waals surface area contributed by atoms with Gasteiger partial charge in [0.2, 0.25) is 0 Å². The molecule has 3 amide bonds. The van der Waals surface area contributed by atoms with Crippen molar-refractivity contribution in [3.8, 4) is 11.5 Å². The van der Waals surface area contributed by atoms with Crippen LogP contribution in [0.5, 0.6) is 11.5 Å². The van der Waals surface area contributed by atoms with Gasteiger partial charge in [0, 0.05) is 6.07 Å². The lowest BCUT2D eigenvalue weighted by Gasteiger charge is -2.19. The van der Waals surface area contributed by atoms with E-state index >= 15 is 0 Å². The van der Waals surface area contributed by atoms with E-state index in [4.69, 9.17) is 14.2 Å². The van der Waals surface area contributed by atoms with Crippen LogP contribution in [0.15, 0.2) is 48.4 Å². The van der Waals surface area contributed by atoms with Gasteiger partial charge in [0.05, 0.1) is 12.8 Å². The Balaban J connectivity index is 2.64. The number of ether oxygens (including phenoxy) is 3. The fourth-order valence-electron chi connectivity index (χ4n) is 1.71. The van der Waals surface area contributed by atoms with Crippen LogP contribution >= 0.6 is 0 Å². The number of imide groups is 1. The Kier molecular flexibility index (Phi) is 7.05. The monoisotopic (exact) mass is 348 g/mol. The maximum absolute atomic E-state index is 11.8. The number of carbonyl (C=O) groups excluding carboxylic acids is 2. The van der Waals surface area contributed by atoms with Gasteiger partial charge in [0.25, 0.3) is 0 Å². The number of urea groups is 1. The molecule has 0 saturated heterocycles. The summed E-state index contributed by atoms with van der Waals surface area (Å²) in [4.78, 5) is 23.4. The largest absolute Gasteiger partial charge is 0.497 e. The molecule has 0 unspecified atom stereocenters. The van der Waals surface area contributed by atoms with Crippen LogP contribution in [-0.2, 0) is 4.74 Å². The predicted molar refractivity (Wildman–Crippen MR) is 94.4 cm³/mol. The summed E-state index contributed by atoms with van der Waals surface area (Å²) in [5, 5.41) is 4.48. The van der Waals surface area contributed by atoms with E-state index in [0.29, 0.717) is 17.3 Å². The summed E-state index contributed by atoms with van der Waals surface area (Å²) in [6.45, 7) is 10.6. The molecule has 0 fully saturated rings. The third-order valence-electron chi connectivity index (χ3n) is 2.71. The number of rotatable bonds is 5. The van der Waals surface area contributed by atoms with Crippen molar-refractivity contribution < 1.29 is 23.8 Å². The van der Waals surface area contributed by atoms with Gasteiger partial charge in [-0.3, -0.25) is 0 Å². The minimum absolute atomic E-state index is 0.186. The highest BCUT2D eigenvalue weighted by atomic mass is 16.6. The molecule has 0 aliphatic carbocycles. The van der Waals surface area contributed by atoms with Gasteiger partial charge < -0.3 is 19.5 Å². The Morgan fingerprint density at radius 1 is 1.16 bits per heavy atom. The lowest BCUT2D eigenvalue weighted by atomic mass is 10.2. The lowest BCUT2D eigenvalue weighted by molar-refractivity contribution is 0.0548. The number of hydrogen-bond donors (Lipinski definition) is 2. The Labute approximate surface area is 147 Å². The molecule has 0 saturated carbocycles. The number of alkyl carbamates (subject to hydrolysis) is 1. The maximum atomic E-state index is 11.8. The van der Waals surface area contributed by atoms with Crippen LogP contribution in [0.1, 0.15) is 27.7 Å². The molecule has 7 heteroatoms. The number of benzene rings is 1. The first kappa shape index (κ1) is 20.1. The molecule has 0 aromatic heterocycles. The normalized spacial score (nSPS) is 11.3. The molecule has 1 rings (SSSR count). The number of nitrogens with one attached hydrogen (secondary N) is 2.